The van der Waals surface area contributed by atoms with Gasteiger partial charge in [0.1, 0.15) is 0 Å². The first-order valence-electron chi connectivity index (χ1n) is 2.34. The number of hydrogen-bond acceptors (Lipinski definition) is 2. The molecule has 0 aromatic rings. The number of carbonyl (C=O) groups excluding carboxylic acids is 1. The average molecular weight is 129 g/mol. The highest BCUT2D eigenvalue weighted by atomic mass is 32.2. The van der Waals surface area contributed by atoms with Crippen molar-refractivity contribution in [2.75, 3.05) is 12.9 Å². The summed E-state index contributed by atoms with van der Waals surface area (Å²) in [6, 6.07) is 0. The molecule has 44 valence electrons. The number of carbonyl (C=O) groups is 1. The van der Waals surface area contributed by atoms with Crippen LogP contribution in [0.25, 0.3) is 0 Å². The molecule has 0 radical (unpaired) electrons. The molecule has 0 fully saturated rings. The number of rotatable bonds is 0. The number of thioether (sulfide) groups is 1. The molecular weight excluding hydrogens is 122 g/mol. The van der Waals surface area contributed by atoms with Crippen LogP contribution in [0.15, 0.2) is 11.5 Å². The molecule has 3 heteroatoms. The Labute approximate surface area is 52.5 Å². The van der Waals surface area contributed by atoms with Crippen LogP contribution in [0, 0.1) is 0 Å². The Hall–Kier alpha value is -0.440. The maximum absolute atomic E-state index is 10.6. The van der Waals surface area contributed by atoms with Gasteiger partial charge in [0, 0.05) is 13.1 Å². The first-order chi connectivity index (χ1) is 3.80. The normalized spacial score (nSPS) is 19.6. The maximum Gasteiger partial charge on any atom is 0.247 e. The van der Waals surface area contributed by atoms with E-state index in [1.165, 1.54) is 0 Å². The molecule has 0 N–H and O–H groups in total. The number of amides is 1. The van der Waals surface area contributed by atoms with E-state index in [4.69, 9.17) is 0 Å². The molecule has 8 heavy (non-hydrogen) atoms. The van der Waals surface area contributed by atoms with E-state index in [9.17, 15) is 4.79 Å². The highest BCUT2D eigenvalue weighted by molar-refractivity contribution is 8.02. The fourth-order valence-electron chi connectivity index (χ4n) is 0.452. The first kappa shape index (κ1) is 5.69. The van der Waals surface area contributed by atoms with E-state index in [0.29, 0.717) is 0 Å². The van der Waals surface area contributed by atoms with Gasteiger partial charge in [-0.05, 0) is 5.41 Å². The standard InChI is InChI=1S/C5H7NOS/c1-6-4-8-3-2-5(6)7/h2-3H,4H2,1H3. The molecule has 1 amide bonds. The summed E-state index contributed by atoms with van der Waals surface area (Å²) in [6.07, 6.45) is 1.58. The third-order valence-electron chi connectivity index (χ3n) is 0.951. The highest BCUT2D eigenvalue weighted by Crippen LogP contribution is 2.09. The molecule has 0 atom stereocenters. The van der Waals surface area contributed by atoms with Crippen LogP contribution < -0.4 is 0 Å². The summed E-state index contributed by atoms with van der Waals surface area (Å²) in [7, 11) is 1.79. The van der Waals surface area contributed by atoms with Crippen molar-refractivity contribution in [1.82, 2.24) is 4.90 Å². The molecule has 0 aromatic carbocycles. The quantitative estimate of drug-likeness (QED) is 0.479. The summed E-state index contributed by atoms with van der Waals surface area (Å²) < 4.78 is 0. The molecule has 0 spiro atoms. The summed E-state index contributed by atoms with van der Waals surface area (Å²) in [5.41, 5.74) is 0. The van der Waals surface area contributed by atoms with Crippen molar-refractivity contribution in [3.63, 3.8) is 0 Å². The fourth-order valence-corrected chi connectivity index (χ4v) is 1.10. The van der Waals surface area contributed by atoms with E-state index in [1.54, 1.807) is 29.8 Å². The largest absolute Gasteiger partial charge is 0.333 e. The summed E-state index contributed by atoms with van der Waals surface area (Å²) in [4.78, 5) is 12.3. The summed E-state index contributed by atoms with van der Waals surface area (Å²) >= 11 is 1.63. The Morgan fingerprint density at radius 1 is 1.88 bits per heavy atom. The van der Waals surface area contributed by atoms with Crippen LogP contribution in [0.5, 0.6) is 0 Å². The Bertz CT molecular complexity index is 132. The molecule has 0 aliphatic carbocycles. The van der Waals surface area contributed by atoms with E-state index in [-0.39, 0.29) is 5.91 Å². The zero-order valence-electron chi connectivity index (χ0n) is 4.63. The minimum atomic E-state index is 0.101. The van der Waals surface area contributed by atoms with Crippen molar-refractivity contribution in [3.05, 3.63) is 11.5 Å². The lowest BCUT2D eigenvalue weighted by molar-refractivity contribution is -0.124. The monoisotopic (exact) mass is 129 g/mol. The van der Waals surface area contributed by atoms with E-state index < -0.39 is 0 Å². The third-order valence-corrected chi connectivity index (χ3v) is 1.82. The van der Waals surface area contributed by atoms with Crippen LogP contribution in [0.2, 0.25) is 0 Å². The van der Waals surface area contributed by atoms with Gasteiger partial charge < -0.3 is 4.90 Å². The van der Waals surface area contributed by atoms with Crippen LogP contribution in [0.3, 0.4) is 0 Å². The third kappa shape index (κ3) is 1.04. The van der Waals surface area contributed by atoms with Crippen molar-refractivity contribution in [2.45, 2.75) is 0 Å². The lowest BCUT2D eigenvalue weighted by Gasteiger charge is -2.15. The average Bonchev–Trinajstić information content (AvgIpc) is 1.77. The smallest absolute Gasteiger partial charge is 0.247 e. The molecule has 1 heterocycles. The molecule has 0 saturated carbocycles. The van der Waals surface area contributed by atoms with Gasteiger partial charge in [0.05, 0.1) is 5.88 Å². The van der Waals surface area contributed by atoms with Crippen LogP contribution in [-0.2, 0) is 4.79 Å². The fraction of sp³-hybridized carbons (Fsp3) is 0.400. The summed E-state index contributed by atoms with van der Waals surface area (Å²) in [5.74, 6) is 0.888. The molecule has 0 unspecified atom stereocenters. The van der Waals surface area contributed by atoms with Gasteiger partial charge >= 0.3 is 0 Å². The Morgan fingerprint density at radius 3 is 3.00 bits per heavy atom. The van der Waals surface area contributed by atoms with Gasteiger partial charge in [-0.15, -0.1) is 11.8 Å². The van der Waals surface area contributed by atoms with Gasteiger partial charge in [0.25, 0.3) is 0 Å². The minimum absolute atomic E-state index is 0.101. The molecule has 2 nitrogen and oxygen atoms in total. The van der Waals surface area contributed by atoms with Crippen molar-refractivity contribution in [3.8, 4) is 0 Å². The Morgan fingerprint density at radius 2 is 2.62 bits per heavy atom. The first-order valence-corrected chi connectivity index (χ1v) is 3.39. The molecule has 0 saturated heterocycles. The Kier molecular flexibility index (Phi) is 1.58. The second-order valence-corrected chi connectivity index (χ2v) is 2.50. The van der Waals surface area contributed by atoms with Gasteiger partial charge in [-0.1, -0.05) is 0 Å². The van der Waals surface area contributed by atoms with E-state index in [1.807, 2.05) is 5.41 Å². The molecule has 1 aliphatic rings. The van der Waals surface area contributed by atoms with Crippen LogP contribution in [0.1, 0.15) is 0 Å². The van der Waals surface area contributed by atoms with Crippen LogP contribution in [-0.4, -0.2) is 23.7 Å². The van der Waals surface area contributed by atoms with Crippen molar-refractivity contribution in [2.24, 2.45) is 0 Å². The zero-order chi connectivity index (χ0) is 5.98. The van der Waals surface area contributed by atoms with Gasteiger partial charge in [0.15, 0.2) is 0 Å². The van der Waals surface area contributed by atoms with Crippen LogP contribution >= 0.6 is 11.8 Å². The maximum atomic E-state index is 10.6. The van der Waals surface area contributed by atoms with E-state index in [0.717, 1.165) is 5.88 Å². The Balaban J connectivity index is 2.60. The second kappa shape index (κ2) is 2.22. The number of likely N-dealkylation sites (N-methyl/N-ethyl adjacent to an activating group) is 1. The van der Waals surface area contributed by atoms with E-state index >= 15 is 0 Å². The van der Waals surface area contributed by atoms with Crippen molar-refractivity contribution in [1.29, 1.82) is 0 Å². The lowest BCUT2D eigenvalue weighted by atomic mass is 10.5. The van der Waals surface area contributed by atoms with Crippen molar-refractivity contribution < 1.29 is 4.79 Å². The van der Waals surface area contributed by atoms with Crippen LogP contribution in [0.4, 0.5) is 0 Å². The topological polar surface area (TPSA) is 20.3 Å². The molecular formula is C5H7NOS. The minimum Gasteiger partial charge on any atom is -0.333 e. The predicted molar refractivity (Wildman–Crippen MR) is 34.4 cm³/mol. The highest BCUT2D eigenvalue weighted by Gasteiger charge is 2.06. The van der Waals surface area contributed by atoms with Gasteiger partial charge in [-0.3, -0.25) is 4.79 Å². The van der Waals surface area contributed by atoms with Crippen molar-refractivity contribution >= 4 is 17.7 Å². The molecule has 1 aliphatic heterocycles. The number of hydrogen-bond donors (Lipinski definition) is 0. The van der Waals surface area contributed by atoms with E-state index in [2.05, 4.69) is 0 Å². The SMILES string of the molecule is CN1CSC=CC1=O. The summed E-state index contributed by atoms with van der Waals surface area (Å²) in [6.45, 7) is 0. The van der Waals surface area contributed by atoms with Gasteiger partial charge in [0.2, 0.25) is 5.91 Å². The van der Waals surface area contributed by atoms with Gasteiger partial charge in [-0.2, -0.15) is 0 Å². The number of nitrogens with zero attached hydrogens (tertiary/aromatic N) is 1. The van der Waals surface area contributed by atoms with Gasteiger partial charge in [-0.25, -0.2) is 0 Å². The second-order valence-electron chi connectivity index (χ2n) is 1.63. The molecule has 0 bridgehead atoms. The zero-order valence-corrected chi connectivity index (χ0v) is 5.44. The predicted octanol–water partition coefficient (Wildman–Crippen LogP) is 0.663. The molecule has 0 aromatic heterocycles. The molecule has 1 rings (SSSR count). The lowest BCUT2D eigenvalue weighted by Crippen LogP contribution is -2.25. The summed E-state index contributed by atoms with van der Waals surface area (Å²) in [5, 5.41) is 1.82.